The Hall–Kier alpha value is -0.840. The number of imidazole rings is 1. The maximum Gasteiger partial charge on any atom is 0.120 e. The van der Waals surface area contributed by atoms with E-state index in [0.717, 1.165) is 27.3 Å². The second-order valence-electron chi connectivity index (χ2n) is 3.88. The lowest BCUT2D eigenvalue weighted by Gasteiger charge is -2.04. The van der Waals surface area contributed by atoms with E-state index >= 15 is 0 Å². The predicted molar refractivity (Wildman–Crippen MR) is 68.9 cm³/mol. The molecule has 5 heteroatoms. The summed E-state index contributed by atoms with van der Waals surface area (Å²) in [5.41, 5.74) is 1.03. The number of thiophene rings is 1. The van der Waals surface area contributed by atoms with Crippen molar-refractivity contribution in [2.24, 2.45) is 0 Å². The number of nitrogens with zero attached hydrogens (tertiary/aromatic N) is 1. The molecule has 0 radical (unpaired) electrons. The summed E-state index contributed by atoms with van der Waals surface area (Å²) in [6.45, 7) is 4.99. The van der Waals surface area contributed by atoms with E-state index in [4.69, 9.17) is 11.6 Å². The van der Waals surface area contributed by atoms with Gasteiger partial charge in [-0.2, -0.15) is 0 Å². The molecule has 16 heavy (non-hydrogen) atoms. The zero-order chi connectivity index (χ0) is 11.5. The smallest absolute Gasteiger partial charge is 0.120 e. The fraction of sp³-hybridized carbons (Fsp3) is 0.364. The van der Waals surface area contributed by atoms with Crippen LogP contribution >= 0.6 is 22.9 Å². The van der Waals surface area contributed by atoms with Crippen LogP contribution in [-0.2, 0) is 6.54 Å². The normalized spacial score (nSPS) is 11.2. The molecule has 0 bridgehead atoms. The first kappa shape index (κ1) is 11.6. The molecule has 0 saturated heterocycles. The van der Waals surface area contributed by atoms with Crippen molar-refractivity contribution in [1.29, 1.82) is 0 Å². The third-order valence-corrected chi connectivity index (χ3v) is 3.41. The van der Waals surface area contributed by atoms with Crippen molar-refractivity contribution in [3.05, 3.63) is 28.5 Å². The first-order valence-corrected chi connectivity index (χ1v) is 6.37. The van der Waals surface area contributed by atoms with Gasteiger partial charge in [-0.3, -0.25) is 0 Å². The van der Waals surface area contributed by atoms with Crippen LogP contribution in [0.4, 0.5) is 0 Å². The molecule has 86 valence electrons. The van der Waals surface area contributed by atoms with E-state index in [2.05, 4.69) is 29.1 Å². The monoisotopic (exact) mass is 255 g/mol. The third-order valence-electron chi connectivity index (χ3n) is 2.14. The van der Waals surface area contributed by atoms with Gasteiger partial charge < -0.3 is 10.3 Å². The number of rotatable bonds is 4. The molecule has 0 aliphatic heterocycles. The van der Waals surface area contributed by atoms with Gasteiger partial charge in [-0.25, -0.2) is 4.98 Å². The quantitative estimate of drug-likeness (QED) is 0.880. The Balaban J connectivity index is 2.07. The van der Waals surface area contributed by atoms with Gasteiger partial charge in [0.1, 0.15) is 5.82 Å². The van der Waals surface area contributed by atoms with Crippen LogP contribution in [0.1, 0.15) is 19.7 Å². The molecule has 3 nitrogen and oxygen atoms in total. The Morgan fingerprint density at radius 3 is 2.94 bits per heavy atom. The second-order valence-corrected chi connectivity index (χ2v) is 5.60. The van der Waals surface area contributed by atoms with Gasteiger partial charge in [0.25, 0.3) is 0 Å². The average molecular weight is 256 g/mol. The average Bonchev–Trinajstić information content (AvgIpc) is 2.83. The van der Waals surface area contributed by atoms with Crippen LogP contribution in [0.3, 0.4) is 0 Å². The summed E-state index contributed by atoms with van der Waals surface area (Å²) in [6.07, 6.45) is 1.85. The van der Waals surface area contributed by atoms with Gasteiger partial charge in [-0.15, -0.1) is 11.3 Å². The standard InChI is InChI=1S/C11H14ClN3S/c1-7(2)13-6-11-14-5-8(15-11)9-3-4-10(12)16-9/h3-5,7,13H,6H2,1-2H3,(H,14,15). The number of nitrogens with one attached hydrogen (secondary N) is 2. The lowest BCUT2D eigenvalue weighted by atomic mass is 10.4. The highest BCUT2D eigenvalue weighted by Gasteiger charge is 2.05. The summed E-state index contributed by atoms with van der Waals surface area (Å²) in [5, 5.41) is 3.32. The molecule has 0 aromatic carbocycles. The van der Waals surface area contributed by atoms with Crippen LogP contribution in [0.15, 0.2) is 18.3 Å². The fourth-order valence-electron chi connectivity index (χ4n) is 1.34. The van der Waals surface area contributed by atoms with Crippen LogP contribution in [0.25, 0.3) is 10.6 Å². The Bertz CT molecular complexity index is 461. The largest absolute Gasteiger partial charge is 0.340 e. The number of aromatic amines is 1. The number of aromatic nitrogens is 2. The minimum atomic E-state index is 0.463. The van der Waals surface area contributed by atoms with E-state index in [1.807, 2.05) is 18.3 Å². The number of H-pyrrole nitrogens is 1. The summed E-state index contributed by atoms with van der Waals surface area (Å²) in [6, 6.07) is 4.36. The topological polar surface area (TPSA) is 40.7 Å². The molecule has 0 unspecified atom stereocenters. The summed E-state index contributed by atoms with van der Waals surface area (Å²) >= 11 is 7.44. The zero-order valence-electron chi connectivity index (χ0n) is 9.25. The molecule has 0 amide bonds. The maximum atomic E-state index is 5.89. The Kier molecular flexibility index (Phi) is 3.63. The zero-order valence-corrected chi connectivity index (χ0v) is 10.8. The van der Waals surface area contributed by atoms with Crippen molar-refractivity contribution in [3.8, 4) is 10.6 Å². The van der Waals surface area contributed by atoms with Crippen LogP contribution in [-0.4, -0.2) is 16.0 Å². The van der Waals surface area contributed by atoms with E-state index in [0.29, 0.717) is 6.04 Å². The van der Waals surface area contributed by atoms with E-state index in [9.17, 15) is 0 Å². The van der Waals surface area contributed by atoms with E-state index in [1.165, 1.54) is 0 Å². The Morgan fingerprint density at radius 2 is 2.31 bits per heavy atom. The SMILES string of the molecule is CC(C)NCc1ncc(-c2ccc(Cl)s2)[nH]1. The van der Waals surface area contributed by atoms with Crippen molar-refractivity contribution in [3.63, 3.8) is 0 Å². The number of hydrogen-bond donors (Lipinski definition) is 2. The molecule has 0 aliphatic carbocycles. The van der Waals surface area contributed by atoms with E-state index < -0.39 is 0 Å². The van der Waals surface area contributed by atoms with Gasteiger partial charge in [0.2, 0.25) is 0 Å². The molecule has 0 spiro atoms. The number of halogens is 1. The lowest BCUT2D eigenvalue weighted by Crippen LogP contribution is -2.22. The Labute approximate surface area is 104 Å². The highest BCUT2D eigenvalue weighted by atomic mass is 35.5. The summed E-state index contributed by atoms with van der Waals surface area (Å²) in [7, 11) is 0. The minimum absolute atomic E-state index is 0.463. The molecular formula is C11H14ClN3S. The first-order chi connectivity index (χ1) is 7.65. The molecule has 0 saturated carbocycles. The predicted octanol–water partition coefficient (Wildman–Crippen LogP) is 3.29. The minimum Gasteiger partial charge on any atom is -0.340 e. The summed E-state index contributed by atoms with van der Waals surface area (Å²) in [5.74, 6) is 0.952. The van der Waals surface area contributed by atoms with Gasteiger partial charge in [-0.05, 0) is 12.1 Å². The van der Waals surface area contributed by atoms with Crippen LogP contribution in [0, 0.1) is 0 Å². The van der Waals surface area contributed by atoms with Crippen molar-refractivity contribution < 1.29 is 0 Å². The van der Waals surface area contributed by atoms with Crippen LogP contribution in [0.5, 0.6) is 0 Å². The maximum absolute atomic E-state index is 5.89. The summed E-state index contributed by atoms with van der Waals surface area (Å²) < 4.78 is 0.798. The van der Waals surface area contributed by atoms with Gasteiger partial charge in [0.15, 0.2) is 0 Å². The van der Waals surface area contributed by atoms with E-state index in [1.54, 1.807) is 11.3 Å². The van der Waals surface area contributed by atoms with Crippen molar-refractivity contribution in [1.82, 2.24) is 15.3 Å². The van der Waals surface area contributed by atoms with Crippen LogP contribution < -0.4 is 5.32 Å². The van der Waals surface area contributed by atoms with Crippen molar-refractivity contribution >= 4 is 22.9 Å². The highest BCUT2D eigenvalue weighted by molar-refractivity contribution is 7.19. The molecule has 2 aromatic rings. The highest BCUT2D eigenvalue weighted by Crippen LogP contribution is 2.29. The third kappa shape index (κ3) is 2.84. The van der Waals surface area contributed by atoms with Crippen LogP contribution in [0.2, 0.25) is 4.34 Å². The second kappa shape index (κ2) is 4.99. The molecule has 2 N–H and O–H groups in total. The van der Waals surface area contributed by atoms with Gasteiger partial charge in [0, 0.05) is 6.04 Å². The molecule has 2 aromatic heterocycles. The van der Waals surface area contributed by atoms with E-state index in [-0.39, 0.29) is 0 Å². The van der Waals surface area contributed by atoms with Gasteiger partial charge in [0.05, 0.1) is 27.6 Å². The molecule has 0 fully saturated rings. The molecule has 2 heterocycles. The number of hydrogen-bond acceptors (Lipinski definition) is 3. The Morgan fingerprint density at radius 1 is 1.50 bits per heavy atom. The van der Waals surface area contributed by atoms with Gasteiger partial charge in [-0.1, -0.05) is 25.4 Å². The van der Waals surface area contributed by atoms with Crippen molar-refractivity contribution in [2.45, 2.75) is 26.4 Å². The van der Waals surface area contributed by atoms with Gasteiger partial charge >= 0.3 is 0 Å². The molecule has 0 aliphatic rings. The summed E-state index contributed by atoms with van der Waals surface area (Å²) in [4.78, 5) is 8.71. The molecule has 2 rings (SSSR count). The van der Waals surface area contributed by atoms with Crippen molar-refractivity contribution in [2.75, 3.05) is 0 Å². The first-order valence-electron chi connectivity index (χ1n) is 5.18. The molecule has 0 atom stereocenters. The lowest BCUT2D eigenvalue weighted by molar-refractivity contribution is 0.575. The molecular weight excluding hydrogens is 242 g/mol. The fourth-order valence-corrected chi connectivity index (χ4v) is 2.35.